The predicted molar refractivity (Wildman–Crippen MR) is 84.2 cm³/mol. The van der Waals surface area contributed by atoms with E-state index in [4.69, 9.17) is 0 Å². The Morgan fingerprint density at radius 2 is 1.95 bits per heavy atom. The Kier molecular flexibility index (Phi) is 4.01. The van der Waals surface area contributed by atoms with Gasteiger partial charge in [-0.1, -0.05) is 53.0 Å². The van der Waals surface area contributed by atoms with Gasteiger partial charge < -0.3 is 5.32 Å². The van der Waals surface area contributed by atoms with Crippen molar-refractivity contribution in [3.63, 3.8) is 0 Å². The van der Waals surface area contributed by atoms with E-state index in [9.17, 15) is 4.79 Å². The zero-order valence-electron chi connectivity index (χ0n) is 11.2. The quantitative estimate of drug-likeness (QED) is 0.852. The summed E-state index contributed by atoms with van der Waals surface area (Å²) < 4.78 is 0. The second kappa shape index (κ2) is 5.92. The van der Waals surface area contributed by atoms with E-state index in [1.54, 1.807) is 6.07 Å². The number of para-hydroxylation sites is 1. The van der Waals surface area contributed by atoms with Gasteiger partial charge in [0.05, 0.1) is 5.52 Å². The molecular formula is C16H17BrN2O. The molecule has 0 aliphatic heterocycles. The van der Waals surface area contributed by atoms with Crippen LogP contribution in [-0.4, -0.2) is 21.8 Å². The Balaban J connectivity index is 1.78. The Labute approximate surface area is 126 Å². The van der Waals surface area contributed by atoms with Crippen molar-refractivity contribution in [2.24, 2.45) is 0 Å². The molecule has 1 aromatic heterocycles. The minimum Gasteiger partial charge on any atom is -0.347 e. The molecule has 1 amide bonds. The Hall–Kier alpha value is -1.42. The van der Waals surface area contributed by atoms with Gasteiger partial charge in [-0.25, -0.2) is 4.98 Å². The summed E-state index contributed by atoms with van der Waals surface area (Å²) in [6, 6.07) is 11.8. The molecule has 4 heteroatoms. The second-order valence-electron chi connectivity index (χ2n) is 5.27. The second-order valence-corrected chi connectivity index (χ2v) is 6.45. The van der Waals surface area contributed by atoms with Crippen LogP contribution in [0.4, 0.5) is 0 Å². The average molecular weight is 333 g/mol. The summed E-state index contributed by atoms with van der Waals surface area (Å²) in [4.78, 5) is 17.1. The fraction of sp³-hybridized carbons (Fsp3) is 0.375. The molecule has 1 heterocycles. The number of nitrogens with one attached hydrogen (secondary N) is 1. The number of rotatable bonds is 2. The molecule has 1 aromatic carbocycles. The van der Waals surface area contributed by atoms with Gasteiger partial charge in [0.2, 0.25) is 0 Å². The van der Waals surface area contributed by atoms with Gasteiger partial charge in [0.25, 0.3) is 5.91 Å². The van der Waals surface area contributed by atoms with Crippen molar-refractivity contribution >= 4 is 32.7 Å². The molecule has 1 aliphatic rings. The number of carbonyl (C=O) groups excluding carboxylic acids is 1. The highest BCUT2D eigenvalue weighted by Crippen LogP contribution is 2.24. The molecule has 0 bridgehead atoms. The molecule has 0 radical (unpaired) electrons. The molecule has 3 nitrogen and oxygen atoms in total. The minimum atomic E-state index is -0.0768. The Bertz CT molecular complexity index is 629. The van der Waals surface area contributed by atoms with Gasteiger partial charge in [0.1, 0.15) is 5.69 Å². The van der Waals surface area contributed by atoms with Gasteiger partial charge >= 0.3 is 0 Å². The lowest BCUT2D eigenvalue weighted by Gasteiger charge is -2.28. The first kappa shape index (κ1) is 13.6. The molecule has 2 aromatic rings. The van der Waals surface area contributed by atoms with Gasteiger partial charge in [-0.15, -0.1) is 0 Å². The lowest BCUT2D eigenvalue weighted by molar-refractivity contribution is 0.0925. The predicted octanol–water partition coefficient (Wildman–Crippen LogP) is 3.67. The highest BCUT2D eigenvalue weighted by atomic mass is 79.9. The van der Waals surface area contributed by atoms with Crippen molar-refractivity contribution in [3.8, 4) is 0 Å². The number of fused-ring (bicyclic) bond motifs is 1. The maximum atomic E-state index is 12.3. The zero-order chi connectivity index (χ0) is 13.9. The molecular weight excluding hydrogens is 316 g/mol. The van der Waals surface area contributed by atoms with Crippen LogP contribution in [0.15, 0.2) is 36.4 Å². The van der Waals surface area contributed by atoms with Gasteiger partial charge in [-0.2, -0.15) is 0 Å². The molecule has 1 fully saturated rings. The highest BCUT2D eigenvalue weighted by Gasteiger charge is 2.24. The highest BCUT2D eigenvalue weighted by molar-refractivity contribution is 9.09. The third-order valence-electron chi connectivity index (χ3n) is 3.83. The van der Waals surface area contributed by atoms with E-state index in [0.29, 0.717) is 10.5 Å². The standard InChI is InChI=1S/C16H17BrN2O/c17-12-6-2-4-8-14(12)19-16(20)15-10-9-11-5-1-3-7-13(11)18-15/h1,3,5,7,9-10,12,14H,2,4,6,8H2,(H,19,20). The van der Waals surface area contributed by atoms with E-state index in [0.717, 1.165) is 23.7 Å². The number of alkyl halides is 1. The van der Waals surface area contributed by atoms with Gasteiger partial charge in [0.15, 0.2) is 0 Å². The normalized spacial score (nSPS) is 22.6. The number of benzene rings is 1. The molecule has 1 N–H and O–H groups in total. The van der Waals surface area contributed by atoms with Crippen LogP contribution < -0.4 is 5.32 Å². The van der Waals surface area contributed by atoms with Gasteiger partial charge in [-0.05, 0) is 25.0 Å². The van der Waals surface area contributed by atoms with Crippen molar-refractivity contribution in [1.82, 2.24) is 10.3 Å². The molecule has 3 rings (SSSR count). The molecule has 2 unspecified atom stereocenters. The lowest BCUT2D eigenvalue weighted by atomic mass is 9.95. The molecule has 1 saturated carbocycles. The van der Waals surface area contributed by atoms with Gasteiger partial charge in [0, 0.05) is 16.3 Å². The van der Waals surface area contributed by atoms with E-state index in [-0.39, 0.29) is 11.9 Å². The van der Waals surface area contributed by atoms with Crippen LogP contribution in [0, 0.1) is 0 Å². The summed E-state index contributed by atoms with van der Waals surface area (Å²) in [5, 5.41) is 4.16. The number of amides is 1. The first-order valence-electron chi connectivity index (χ1n) is 7.05. The molecule has 0 spiro atoms. The van der Waals surface area contributed by atoms with Crippen LogP contribution in [0.5, 0.6) is 0 Å². The zero-order valence-corrected chi connectivity index (χ0v) is 12.8. The van der Waals surface area contributed by atoms with Crippen molar-refractivity contribution < 1.29 is 4.79 Å². The van der Waals surface area contributed by atoms with Crippen LogP contribution in [0.25, 0.3) is 10.9 Å². The van der Waals surface area contributed by atoms with Crippen molar-refractivity contribution in [2.75, 3.05) is 0 Å². The number of aromatic nitrogens is 1. The van der Waals surface area contributed by atoms with Crippen molar-refractivity contribution in [3.05, 3.63) is 42.1 Å². The smallest absolute Gasteiger partial charge is 0.270 e. The summed E-state index contributed by atoms with van der Waals surface area (Å²) in [6.45, 7) is 0. The molecule has 20 heavy (non-hydrogen) atoms. The van der Waals surface area contributed by atoms with Gasteiger partial charge in [-0.3, -0.25) is 4.79 Å². The molecule has 2 atom stereocenters. The fourth-order valence-electron chi connectivity index (χ4n) is 2.68. The van der Waals surface area contributed by atoms with Crippen molar-refractivity contribution in [1.29, 1.82) is 0 Å². The topological polar surface area (TPSA) is 42.0 Å². The summed E-state index contributed by atoms with van der Waals surface area (Å²) >= 11 is 3.66. The number of carbonyl (C=O) groups is 1. The van der Waals surface area contributed by atoms with Crippen molar-refractivity contribution in [2.45, 2.75) is 36.6 Å². The first-order chi connectivity index (χ1) is 9.74. The number of nitrogens with zero attached hydrogens (tertiary/aromatic N) is 1. The largest absolute Gasteiger partial charge is 0.347 e. The van der Waals surface area contributed by atoms with Crippen LogP contribution >= 0.6 is 15.9 Å². The summed E-state index contributed by atoms with van der Waals surface area (Å²) in [7, 11) is 0. The monoisotopic (exact) mass is 332 g/mol. The number of halogens is 1. The van der Waals surface area contributed by atoms with E-state index in [1.165, 1.54) is 12.8 Å². The van der Waals surface area contributed by atoms with Crippen LogP contribution in [0.2, 0.25) is 0 Å². The maximum absolute atomic E-state index is 12.3. The SMILES string of the molecule is O=C(NC1CCCCC1Br)c1ccc2ccccc2n1. The van der Waals surface area contributed by atoms with Crippen LogP contribution in [0.3, 0.4) is 0 Å². The number of pyridine rings is 1. The Morgan fingerprint density at radius 3 is 2.80 bits per heavy atom. The Morgan fingerprint density at radius 1 is 1.15 bits per heavy atom. The fourth-order valence-corrected chi connectivity index (χ4v) is 3.40. The van der Waals surface area contributed by atoms with Crippen LogP contribution in [-0.2, 0) is 0 Å². The maximum Gasteiger partial charge on any atom is 0.270 e. The third kappa shape index (κ3) is 2.85. The summed E-state index contributed by atoms with van der Waals surface area (Å²) in [5.41, 5.74) is 1.35. The van der Waals surface area contributed by atoms with Crippen LogP contribution in [0.1, 0.15) is 36.2 Å². The summed E-state index contributed by atoms with van der Waals surface area (Å²) in [5.74, 6) is -0.0768. The molecule has 104 valence electrons. The van der Waals surface area contributed by atoms with E-state index >= 15 is 0 Å². The first-order valence-corrected chi connectivity index (χ1v) is 7.96. The molecule has 0 saturated heterocycles. The number of hydrogen-bond donors (Lipinski definition) is 1. The lowest BCUT2D eigenvalue weighted by Crippen LogP contribution is -2.42. The van der Waals surface area contributed by atoms with E-state index < -0.39 is 0 Å². The third-order valence-corrected chi connectivity index (χ3v) is 4.93. The molecule has 1 aliphatic carbocycles. The van der Waals surface area contributed by atoms with E-state index in [1.807, 2.05) is 30.3 Å². The van der Waals surface area contributed by atoms with E-state index in [2.05, 4.69) is 26.2 Å². The summed E-state index contributed by atoms with van der Waals surface area (Å²) in [6.07, 6.45) is 4.57. The number of hydrogen-bond acceptors (Lipinski definition) is 2. The average Bonchev–Trinajstić information content (AvgIpc) is 2.49. The minimum absolute atomic E-state index is 0.0768.